The zero-order valence-corrected chi connectivity index (χ0v) is 20.3. The molecule has 0 atom stereocenters. The maximum Gasteiger partial charge on any atom is 0.303 e. The van der Waals surface area contributed by atoms with Gasteiger partial charge in [-0.1, -0.05) is 36.4 Å². The fourth-order valence-electron chi connectivity index (χ4n) is 4.12. The molecule has 0 saturated heterocycles. The zero-order valence-electron chi connectivity index (χ0n) is 20.3. The summed E-state index contributed by atoms with van der Waals surface area (Å²) in [6, 6.07) is 21.9. The van der Waals surface area contributed by atoms with Gasteiger partial charge in [0.05, 0.1) is 5.52 Å². The predicted octanol–water partition coefficient (Wildman–Crippen LogP) is 5.02. The Hall–Kier alpha value is -4.39. The molecular formula is C29H28N2O5. The van der Waals surface area contributed by atoms with Gasteiger partial charge in [-0.15, -0.1) is 0 Å². The summed E-state index contributed by atoms with van der Waals surface area (Å²) in [7, 11) is 3.40. The SMILES string of the molecule is CN(C)C(=O)c1cccc(OCc2cccc(C(=O)n3cc(CCCC(=O)O)c4ccccc43)c2)c1. The lowest BCUT2D eigenvalue weighted by atomic mass is 10.1. The van der Waals surface area contributed by atoms with Crippen LogP contribution in [0.4, 0.5) is 0 Å². The summed E-state index contributed by atoms with van der Waals surface area (Å²) in [5, 5.41) is 9.91. The first-order chi connectivity index (χ1) is 17.3. The molecular weight excluding hydrogens is 456 g/mol. The summed E-state index contributed by atoms with van der Waals surface area (Å²) in [6.45, 7) is 0.244. The molecule has 0 fully saturated rings. The number of carboxylic acids is 1. The molecule has 36 heavy (non-hydrogen) atoms. The van der Waals surface area contributed by atoms with Crippen molar-refractivity contribution in [3.8, 4) is 5.75 Å². The number of hydrogen-bond acceptors (Lipinski definition) is 4. The maximum atomic E-state index is 13.5. The summed E-state index contributed by atoms with van der Waals surface area (Å²) in [5.74, 6) is -0.530. The molecule has 1 N–H and O–H groups in total. The molecule has 0 aliphatic rings. The van der Waals surface area contributed by atoms with Crippen LogP contribution >= 0.6 is 0 Å². The van der Waals surface area contributed by atoms with Gasteiger partial charge in [-0.2, -0.15) is 0 Å². The Balaban J connectivity index is 1.52. The highest BCUT2D eigenvalue weighted by Gasteiger charge is 2.16. The van der Waals surface area contributed by atoms with Crippen LogP contribution in [0.3, 0.4) is 0 Å². The van der Waals surface area contributed by atoms with E-state index in [0.717, 1.165) is 22.0 Å². The Kier molecular flexibility index (Phi) is 7.49. The number of nitrogens with zero attached hydrogens (tertiary/aromatic N) is 2. The van der Waals surface area contributed by atoms with Crippen molar-refractivity contribution in [2.75, 3.05) is 14.1 Å². The highest BCUT2D eigenvalue weighted by Crippen LogP contribution is 2.24. The Morgan fingerprint density at radius 2 is 1.67 bits per heavy atom. The number of benzene rings is 3. The van der Waals surface area contributed by atoms with Crippen molar-refractivity contribution in [1.82, 2.24) is 9.47 Å². The standard InChI is InChI=1S/C29H28N2O5/c1-30(2)28(34)22-10-6-12-24(17-22)36-19-20-8-5-9-21(16-20)29(35)31-18-23(11-7-15-27(32)33)25-13-3-4-14-26(25)31/h3-6,8-10,12-14,16-18H,7,11,15,19H2,1-2H3,(H,32,33). The minimum atomic E-state index is -0.829. The van der Waals surface area contributed by atoms with E-state index in [1.807, 2.05) is 42.6 Å². The third-order valence-electron chi connectivity index (χ3n) is 5.92. The van der Waals surface area contributed by atoms with Crippen LogP contribution in [-0.2, 0) is 17.8 Å². The lowest BCUT2D eigenvalue weighted by Crippen LogP contribution is -2.21. The second-order valence-corrected chi connectivity index (χ2v) is 8.81. The number of carbonyl (C=O) groups excluding carboxylic acids is 2. The van der Waals surface area contributed by atoms with Crippen molar-refractivity contribution in [2.45, 2.75) is 25.9 Å². The zero-order chi connectivity index (χ0) is 25.7. The van der Waals surface area contributed by atoms with Gasteiger partial charge >= 0.3 is 5.97 Å². The van der Waals surface area contributed by atoms with Crippen molar-refractivity contribution in [3.05, 3.63) is 101 Å². The first kappa shape index (κ1) is 24.7. The van der Waals surface area contributed by atoms with Gasteiger partial charge < -0.3 is 14.7 Å². The van der Waals surface area contributed by atoms with E-state index in [0.29, 0.717) is 29.7 Å². The molecule has 0 aliphatic carbocycles. The highest BCUT2D eigenvalue weighted by molar-refractivity contribution is 6.03. The van der Waals surface area contributed by atoms with Gasteiger partial charge in [0.2, 0.25) is 0 Å². The van der Waals surface area contributed by atoms with E-state index < -0.39 is 5.97 Å². The van der Waals surface area contributed by atoms with Gasteiger partial charge in [0.25, 0.3) is 11.8 Å². The number of carbonyl (C=O) groups is 3. The molecule has 184 valence electrons. The predicted molar refractivity (Wildman–Crippen MR) is 137 cm³/mol. The van der Waals surface area contributed by atoms with Crippen LogP contribution in [-0.4, -0.2) is 46.5 Å². The third-order valence-corrected chi connectivity index (χ3v) is 5.92. The van der Waals surface area contributed by atoms with Gasteiger partial charge in [-0.25, -0.2) is 0 Å². The number of carboxylic acid groups (broad SMARTS) is 1. The van der Waals surface area contributed by atoms with E-state index >= 15 is 0 Å². The monoisotopic (exact) mass is 484 g/mol. The minimum absolute atomic E-state index is 0.0850. The molecule has 0 saturated carbocycles. The van der Waals surface area contributed by atoms with Crippen LogP contribution in [0.2, 0.25) is 0 Å². The van der Waals surface area contributed by atoms with E-state index in [4.69, 9.17) is 9.84 Å². The molecule has 1 heterocycles. The largest absolute Gasteiger partial charge is 0.489 e. The van der Waals surface area contributed by atoms with Gasteiger partial charge in [-0.05, 0) is 60.4 Å². The van der Waals surface area contributed by atoms with E-state index in [-0.39, 0.29) is 24.8 Å². The average Bonchev–Trinajstić information content (AvgIpc) is 3.25. The Labute approximate surface area is 209 Å². The summed E-state index contributed by atoms with van der Waals surface area (Å²) in [4.78, 5) is 38.1. The summed E-state index contributed by atoms with van der Waals surface area (Å²) in [5.41, 5.74) is 3.62. The molecule has 1 amide bonds. The van der Waals surface area contributed by atoms with Gasteiger partial charge in [0, 0.05) is 43.2 Å². The second kappa shape index (κ2) is 10.9. The average molecular weight is 485 g/mol. The van der Waals surface area contributed by atoms with E-state index in [1.54, 1.807) is 55.1 Å². The van der Waals surface area contributed by atoms with Gasteiger partial charge in [0.1, 0.15) is 12.4 Å². The first-order valence-corrected chi connectivity index (χ1v) is 11.7. The van der Waals surface area contributed by atoms with Crippen LogP contribution in [0.5, 0.6) is 5.75 Å². The van der Waals surface area contributed by atoms with Crippen molar-refractivity contribution in [3.63, 3.8) is 0 Å². The molecule has 3 aromatic carbocycles. The molecule has 4 aromatic rings. The van der Waals surface area contributed by atoms with Crippen LogP contribution in [0.15, 0.2) is 79.0 Å². The molecule has 7 nitrogen and oxygen atoms in total. The van der Waals surface area contributed by atoms with Crippen LogP contribution in [0, 0.1) is 0 Å². The molecule has 0 bridgehead atoms. The molecule has 0 radical (unpaired) electrons. The van der Waals surface area contributed by atoms with Gasteiger partial charge in [0.15, 0.2) is 0 Å². The normalized spacial score (nSPS) is 10.8. The number of aromatic nitrogens is 1. The van der Waals surface area contributed by atoms with Crippen LogP contribution in [0.25, 0.3) is 10.9 Å². The van der Waals surface area contributed by atoms with Crippen molar-refractivity contribution in [2.24, 2.45) is 0 Å². The summed E-state index contributed by atoms with van der Waals surface area (Å²) >= 11 is 0. The number of ether oxygens (including phenoxy) is 1. The fraction of sp³-hybridized carbons (Fsp3) is 0.207. The van der Waals surface area contributed by atoms with Gasteiger partial charge in [-0.3, -0.25) is 19.0 Å². The topological polar surface area (TPSA) is 88.8 Å². The summed E-state index contributed by atoms with van der Waals surface area (Å²) in [6.07, 6.45) is 2.98. The number of rotatable bonds is 9. The molecule has 0 unspecified atom stereocenters. The van der Waals surface area contributed by atoms with E-state index in [9.17, 15) is 14.4 Å². The minimum Gasteiger partial charge on any atom is -0.489 e. The molecule has 0 aliphatic heterocycles. The van der Waals surface area contributed by atoms with E-state index in [2.05, 4.69) is 0 Å². The van der Waals surface area contributed by atoms with Crippen molar-refractivity contribution < 1.29 is 24.2 Å². The lowest BCUT2D eigenvalue weighted by Gasteiger charge is -2.12. The Bertz CT molecular complexity index is 1420. The maximum absolute atomic E-state index is 13.5. The molecule has 7 heteroatoms. The van der Waals surface area contributed by atoms with Crippen molar-refractivity contribution in [1.29, 1.82) is 0 Å². The fourth-order valence-corrected chi connectivity index (χ4v) is 4.12. The quantitative estimate of drug-likeness (QED) is 0.360. The lowest BCUT2D eigenvalue weighted by molar-refractivity contribution is -0.137. The Morgan fingerprint density at radius 3 is 2.44 bits per heavy atom. The molecule has 0 spiro atoms. The number of hydrogen-bond donors (Lipinski definition) is 1. The van der Waals surface area contributed by atoms with Crippen molar-refractivity contribution >= 4 is 28.7 Å². The number of aliphatic carboxylic acids is 1. The van der Waals surface area contributed by atoms with Crippen LogP contribution in [0.1, 0.15) is 44.7 Å². The molecule has 1 aromatic heterocycles. The number of amides is 1. The van der Waals surface area contributed by atoms with E-state index in [1.165, 1.54) is 4.90 Å². The Morgan fingerprint density at radius 1 is 0.917 bits per heavy atom. The van der Waals surface area contributed by atoms with Crippen LogP contribution < -0.4 is 4.74 Å². The number of fused-ring (bicyclic) bond motifs is 1. The summed E-state index contributed by atoms with van der Waals surface area (Å²) < 4.78 is 7.53. The third kappa shape index (κ3) is 5.63. The molecule has 4 rings (SSSR count). The first-order valence-electron chi connectivity index (χ1n) is 11.7. The second-order valence-electron chi connectivity index (χ2n) is 8.81. The highest BCUT2D eigenvalue weighted by atomic mass is 16.5. The number of para-hydroxylation sites is 1. The number of aryl methyl sites for hydroxylation is 1. The smallest absolute Gasteiger partial charge is 0.303 e.